The SMILES string of the molecule is COc1ccc(OC)c([C@H]2/C(=C(\O)c3ccc(Br)cc3)C(=O)C(=O)N2CCCN(C)C)c1. The van der Waals surface area contributed by atoms with Crippen LogP contribution < -0.4 is 9.47 Å². The highest BCUT2D eigenvalue weighted by Gasteiger charge is 2.47. The van der Waals surface area contributed by atoms with E-state index >= 15 is 0 Å². The molecule has 0 unspecified atom stereocenters. The summed E-state index contributed by atoms with van der Waals surface area (Å²) in [7, 11) is 6.97. The highest BCUT2D eigenvalue weighted by atomic mass is 79.9. The van der Waals surface area contributed by atoms with Crippen LogP contribution in [-0.2, 0) is 9.59 Å². The maximum Gasteiger partial charge on any atom is 0.295 e. The van der Waals surface area contributed by atoms with Crippen molar-refractivity contribution in [1.29, 1.82) is 0 Å². The molecule has 0 bridgehead atoms. The Morgan fingerprint density at radius 1 is 1.09 bits per heavy atom. The molecule has 32 heavy (non-hydrogen) atoms. The summed E-state index contributed by atoms with van der Waals surface area (Å²) in [4.78, 5) is 29.7. The molecule has 0 aliphatic carbocycles. The number of aliphatic hydroxyl groups excluding tert-OH is 1. The van der Waals surface area contributed by atoms with Crippen molar-refractivity contribution in [1.82, 2.24) is 9.80 Å². The standard InChI is InChI=1S/C24H27BrN2O5/c1-26(2)12-5-13-27-21(18-14-17(31-3)10-11-19(18)32-4)20(23(29)24(27)30)22(28)15-6-8-16(25)9-7-15/h6-11,14,21,28H,5,12-13H2,1-4H3/b22-20+/t21-/m0/s1. The van der Waals surface area contributed by atoms with Gasteiger partial charge in [-0.05, 0) is 57.4 Å². The molecule has 0 radical (unpaired) electrons. The van der Waals surface area contributed by atoms with Crippen molar-refractivity contribution in [3.63, 3.8) is 0 Å². The van der Waals surface area contributed by atoms with Gasteiger partial charge in [-0.15, -0.1) is 0 Å². The summed E-state index contributed by atoms with van der Waals surface area (Å²) >= 11 is 3.37. The summed E-state index contributed by atoms with van der Waals surface area (Å²) in [5.41, 5.74) is 1.06. The molecule has 2 aromatic carbocycles. The fraction of sp³-hybridized carbons (Fsp3) is 0.333. The lowest BCUT2D eigenvalue weighted by molar-refractivity contribution is -0.140. The first-order valence-corrected chi connectivity index (χ1v) is 11.0. The van der Waals surface area contributed by atoms with Gasteiger partial charge in [0, 0.05) is 22.1 Å². The molecule has 170 valence electrons. The van der Waals surface area contributed by atoms with E-state index in [-0.39, 0.29) is 11.3 Å². The van der Waals surface area contributed by atoms with Gasteiger partial charge in [-0.25, -0.2) is 0 Å². The molecule has 1 N–H and O–H groups in total. The van der Waals surface area contributed by atoms with Gasteiger partial charge in [0.1, 0.15) is 17.3 Å². The Morgan fingerprint density at radius 3 is 2.38 bits per heavy atom. The fourth-order valence-electron chi connectivity index (χ4n) is 3.81. The maximum atomic E-state index is 13.1. The van der Waals surface area contributed by atoms with Crippen molar-refractivity contribution in [2.45, 2.75) is 12.5 Å². The summed E-state index contributed by atoms with van der Waals surface area (Å²) in [5, 5.41) is 11.1. The molecule has 1 aliphatic rings. The molecular formula is C24H27BrN2O5. The zero-order valence-electron chi connectivity index (χ0n) is 18.6. The molecule has 3 rings (SSSR count). The van der Waals surface area contributed by atoms with Gasteiger partial charge in [0.05, 0.1) is 25.8 Å². The summed E-state index contributed by atoms with van der Waals surface area (Å²) in [6.45, 7) is 1.10. The summed E-state index contributed by atoms with van der Waals surface area (Å²) in [6.07, 6.45) is 0.668. The van der Waals surface area contributed by atoms with Crippen LogP contribution in [0.15, 0.2) is 52.5 Å². The molecule has 8 heteroatoms. The maximum absolute atomic E-state index is 13.1. The van der Waals surface area contributed by atoms with Gasteiger partial charge in [-0.3, -0.25) is 9.59 Å². The van der Waals surface area contributed by atoms with Crippen molar-refractivity contribution >= 4 is 33.4 Å². The van der Waals surface area contributed by atoms with Crippen LogP contribution in [0.2, 0.25) is 0 Å². The quantitative estimate of drug-likeness (QED) is 0.335. The average molecular weight is 503 g/mol. The van der Waals surface area contributed by atoms with Crippen LogP contribution in [0, 0.1) is 0 Å². The number of rotatable bonds is 8. The molecule has 1 amide bonds. The van der Waals surface area contributed by atoms with Gasteiger partial charge in [0.25, 0.3) is 11.7 Å². The topological polar surface area (TPSA) is 79.3 Å². The van der Waals surface area contributed by atoms with Crippen LogP contribution in [0.25, 0.3) is 5.76 Å². The number of ketones is 1. The number of amides is 1. The second-order valence-corrected chi connectivity index (χ2v) is 8.68. The number of methoxy groups -OCH3 is 2. The van der Waals surface area contributed by atoms with Gasteiger partial charge < -0.3 is 24.4 Å². The summed E-state index contributed by atoms with van der Waals surface area (Å²) < 4.78 is 11.8. The number of halogens is 1. The number of hydrogen-bond acceptors (Lipinski definition) is 6. The number of aliphatic hydroxyl groups is 1. The van der Waals surface area contributed by atoms with Gasteiger partial charge in [0.2, 0.25) is 0 Å². The van der Waals surface area contributed by atoms with E-state index < -0.39 is 17.7 Å². The normalized spacial score (nSPS) is 17.8. The lowest BCUT2D eigenvalue weighted by atomic mass is 9.94. The third-order valence-corrected chi connectivity index (χ3v) is 5.92. The minimum absolute atomic E-state index is 0.0359. The van der Waals surface area contributed by atoms with Crippen LogP contribution >= 0.6 is 15.9 Å². The molecule has 1 heterocycles. The molecule has 1 fully saturated rings. The molecule has 1 aliphatic heterocycles. The molecular weight excluding hydrogens is 476 g/mol. The second-order valence-electron chi connectivity index (χ2n) is 7.76. The number of hydrogen-bond donors (Lipinski definition) is 1. The van der Waals surface area contributed by atoms with Crippen molar-refractivity contribution in [3.05, 3.63) is 63.6 Å². The number of ether oxygens (including phenoxy) is 2. The van der Waals surface area contributed by atoms with Crippen LogP contribution in [0.1, 0.15) is 23.6 Å². The van der Waals surface area contributed by atoms with E-state index in [1.54, 1.807) is 49.6 Å². The van der Waals surface area contributed by atoms with Crippen molar-refractivity contribution < 1.29 is 24.2 Å². The first kappa shape index (κ1) is 23.8. The third kappa shape index (κ3) is 4.81. The minimum atomic E-state index is -0.800. The van der Waals surface area contributed by atoms with Gasteiger partial charge >= 0.3 is 0 Å². The zero-order valence-corrected chi connectivity index (χ0v) is 20.2. The number of carbonyl (C=O) groups is 2. The predicted octanol–water partition coefficient (Wildman–Crippen LogP) is 3.84. The van der Waals surface area contributed by atoms with Crippen LogP contribution in [0.4, 0.5) is 0 Å². The van der Waals surface area contributed by atoms with Gasteiger partial charge in [-0.2, -0.15) is 0 Å². The Labute approximate surface area is 196 Å². The molecule has 7 nitrogen and oxygen atoms in total. The lowest BCUT2D eigenvalue weighted by Gasteiger charge is -2.27. The van der Waals surface area contributed by atoms with Crippen LogP contribution in [-0.4, -0.2) is 68.0 Å². The third-order valence-electron chi connectivity index (χ3n) is 5.39. The first-order chi connectivity index (χ1) is 15.3. The number of benzene rings is 2. The monoisotopic (exact) mass is 502 g/mol. The van der Waals surface area contributed by atoms with E-state index in [0.717, 1.165) is 11.0 Å². The molecule has 0 aromatic heterocycles. The number of Topliss-reactive ketones (excluding diaryl/α,β-unsaturated/α-hetero) is 1. The summed E-state index contributed by atoms with van der Waals surface area (Å²) in [5.74, 6) is -0.524. The van der Waals surface area contributed by atoms with Crippen molar-refractivity contribution in [3.8, 4) is 11.5 Å². The van der Waals surface area contributed by atoms with Gasteiger partial charge in [-0.1, -0.05) is 28.1 Å². The second kappa shape index (κ2) is 10.2. The van der Waals surface area contributed by atoms with E-state index in [2.05, 4.69) is 15.9 Å². The summed E-state index contributed by atoms with van der Waals surface area (Å²) in [6, 6.07) is 11.3. The van der Waals surface area contributed by atoms with E-state index in [9.17, 15) is 14.7 Å². The Hall–Kier alpha value is -2.84. The van der Waals surface area contributed by atoms with Gasteiger partial charge in [0.15, 0.2) is 0 Å². The largest absolute Gasteiger partial charge is 0.507 e. The molecule has 0 saturated carbocycles. The smallest absolute Gasteiger partial charge is 0.295 e. The average Bonchev–Trinajstić information content (AvgIpc) is 3.03. The minimum Gasteiger partial charge on any atom is -0.507 e. The van der Waals surface area contributed by atoms with E-state index in [0.29, 0.717) is 35.6 Å². The molecule has 2 aromatic rings. The highest BCUT2D eigenvalue weighted by Crippen LogP contribution is 2.44. The molecule has 1 atom stereocenters. The highest BCUT2D eigenvalue weighted by molar-refractivity contribution is 9.10. The Morgan fingerprint density at radius 2 is 1.78 bits per heavy atom. The molecule has 1 saturated heterocycles. The Kier molecular flexibility index (Phi) is 7.58. The first-order valence-electron chi connectivity index (χ1n) is 10.2. The van der Waals surface area contributed by atoms with E-state index in [1.165, 1.54) is 12.0 Å². The fourth-order valence-corrected chi connectivity index (χ4v) is 4.07. The van der Waals surface area contributed by atoms with E-state index in [4.69, 9.17) is 9.47 Å². The lowest BCUT2D eigenvalue weighted by Crippen LogP contribution is -2.32. The number of carbonyl (C=O) groups excluding carboxylic acids is 2. The molecule has 0 spiro atoms. The predicted molar refractivity (Wildman–Crippen MR) is 126 cm³/mol. The number of likely N-dealkylation sites (tertiary alicyclic amines) is 1. The van der Waals surface area contributed by atoms with Crippen LogP contribution in [0.5, 0.6) is 11.5 Å². The zero-order chi connectivity index (χ0) is 23.4. The number of nitrogens with zero attached hydrogens (tertiary/aromatic N) is 2. The Balaban J connectivity index is 2.18. The van der Waals surface area contributed by atoms with Crippen LogP contribution in [0.3, 0.4) is 0 Å². The Bertz CT molecular complexity index is 1030. The van der Waals surface area contributed by atoms with Crippen molar-refractivity contribution in [2.75, 3.05) is 41.4 Å². The van der Waals surface area contributed by atoms with E-state index in [1.807, 2.05) is 19.0 Å². The van der Waals surface area contributed by atoms with Crippen molar-refractivity contribution in [2.24, 2.45) is 0 Å².